The highest BCUT2D eigenvalue weighted by Crippen LogP contribution is 2.24. The van der Waals surface area contributed by atoms with Gasteiger partial charge in [-0.3, -0.25) is 4.79 Å². The second-order valence-corrected chi connectivity index (χ2v) is 5.77. The van der Waals surface area contributed by atoms with E-state index in [1.807, 2.05) is 0 Å². The lowest BCUT2D eigenvalue weighted by Crippen LogP contribution is -2.31. The van der Waals surface area contributed by atoms with Gasteiger partial charge in [-0.05, 0) is 42.5 Å². The first kappa shape index (κ1) is 17.8. The quantitative estimate of drug-likeness (QED) is 0.631. The Labute approximate surface area is 152 Å². The number of amides is 1. The van der Waals surface area contributed by atoms with Crippen molar-refractivity contribution in [2.45, 2.75) is 6.04 Å². The van der Waals surface area contributed by atoms with E-state index in [2.05, 4.69) is 15.5 Å². The number of aliphatic hydroxyl groups is 1. The van der Waals surface area contributed by atoms with Crippen LogP contribution in [0.25, 0.3) is 11.4 Å². The Balaban J connectivity index is 1.78. The van der Waals surface area contributed by atoms with E-state index in [0.717, 1.165) is 12.1 Å². The van der Waals surface area contributed by atoms with Gasteiger partial charge in [0.2, 0.25) is 5.82 Å². The molecule has 0 aliphatic rings. The first-order valence-corrected chi connectivity index (χ1v) is 7.85. The molecule has 0 aliphatic heterocycles. The van der Waals surface area contributed by atoms with Crippen LogP contribution in [0.3, 0.4) is 0 Å². The highest BCUT2D eigenvalue weighted by atomic mass is 35.5. The molecule has 9 heteroatoms. The fourth-order valence-electron chi connectivity index (χ4n) is 2.17. The average Bonchev–Trinajstić information content (AvgIpc) is 3.12. The zero-order chi connectivity index (χ0) is 18.7. The van der Waals surface area contributed by atoms with E-state index < -0.39 is 30.1 Å². The Kier molecular flexibility index (Phi) is 5.15. The predicted octanol–water partition coefficient (Wildman–Crippen LogP) is 2.70. The van der Waals surface area contributed by atoms with Crippen LogP contribution in [0.5, 0.6) is 5.75 Å². The number of rotatable bonds is 5. The summed E-state index contributed by atoms with van der Waals surface area (Å²) in [6, 6.07) is 8.86. The van der Waals surface area contributed by atoms with Crippen molar-refractivity contribution in [1.82, 2.24) is 15.5 Å². The molecule has 7 nitrogen and oxygen atoms in total. The van der Waals surface area contributed by atoms with E-state index in [1.165, 1.54) is 18.2 Å². The zero-order valence-corrected chi connectivity index (χ0v) is 13.9. The zero-order valence-electron chi connectivity index (χ0n) is 13.2. The van der Waals surface area contributed by atoms with Crippen LogP contribution in [0, 0.1) is 5.82 Å². The lowest BCUT2D eigenvalue weighted by Gasteiger charge is -2.12. The number of phenols is 1. The number of halogens is 2. The van der Waals surface area contributed by atoms with Crippen LogP contribution in [0.15, 0.2) is 47.0 Å². The number of nitrogens with one attached hydrogen (secondary N) is 1. The molecule has 3 N–H and O–H groups in total. The summed E-state index contributed by atoms with van der Waals surface area (Å²) >= 11 is 5.78. The molecule has 3 rings (SSSR count). The maximum Gasteiger partial charge on any atom is 0.251 e. The van der Waals surface area contributed by atoms with Gasteiger partial charge < -0.3 is 20.1 Å². The summed E-state index contributed by atoms with van der Waals surface area (Å²) in [6.07, 6.45) is 0. The Hall–Kier alpha value is -2.97. The second-order valence-electron chi connectivity index (χ2n) is 5.34. The van der Waals surface area contributed by atoms with Crippen LogP contribution in [-0.2, 0) is 0 Å². The Morgan fingerprint density at radius 1 is 1.27 bits per heavy atom. The number of hydrogen-bond donors (Lipinski definition) is 3. The van der Waals surface area contributed by atoms with Crippen LogP contribution in [0.1, 0.15) is 22.3 Å². The van der Waals surface area contributed by atoms with Gasteiger partial charge in [0, 0.05) is 16.1 Å². The van der Waals surface area contributed by atoms with Crippen molar-refractivity contribution in [1.29, 1.82) is 0 Å². The molecule has 0 fully saturated rings. The van der Waals surface area contributed by atoms with Gasteiger partial charge in [0.15, 0.2) is 11.6 Å². The molecule has 0 saturated heterocycles. The van der Waals surface area contributed by atoms with E-state index in [9.17, 15) is 19.4 Å². The normalized spacial score (nSPS) is 12.0. The van der Waals surface area contributed by atoms with Gasteiger partial charge in [-0.15, -0.1) is 0 Å². The van der Waals surface area contributed by atoms with Crippen molar-refractivity contribution in [2.24, 2.45) is 0 Å². The van der Waals surface area contributed by atoms with Crippen molar-refractivity contribution < 1.29 is 23.9 Å². The molecule has 0 bridgehead atoms. The van der Waals surface area contributed by atoms with Gasteiger partial charge in [0.25, 0.3) is 11.8 Å². The maximum atomic E-state index is 13.4. The molecule has 2 aromatic carbocycles. The molecule has 26 heavy (non-hydrogen) atoms. The third kappa shape index (κ3) is 3.81. The lowest BCUT2D eigenvalue weighted by atomic mass is 10.2. The Morgan fingerprint density at radius 3 is 2.65 bits per heavy atom. The SMILES string of the molecule is O=C(NC(CO)c1nc(-c2ccc(O)c(F)c2)no1)c1ccc(Cl)cc1. The second kappa shape index (κ2) is 7.51. The highest BCUT2D eigenvalue weighted by Gasteiger charge is 2.22. The summed E-state index contributed by atoms with van der Waals surface area (Å²) in [4.78, 5) is 16.3. The van der Waals surface area contributed by atoms with Gasteiger partial charge in [0.05, 0.1) is 6.61 Å². The molecule has 1 amide bonds. The summed E-state index contributed by atoms with van der Waals surface area (Å²) < 4.78 is 18.5. The third-order valence-corrected chi connectivity index (χ3v) is 3.79. The number of phenolic OH excluding ortho intramolecular Hbond substituents is 1. The van der Waals surface area contributed by atoms with Gasteiger partial charge in [-0.25, -0.2) is 4.39 Å². The fourth-order valence-corrected chi connectivity index (χ4v) is 2.29. The molecule has 0 spiro atoms. The summed E-state index contributed by atoms with van der Waals surface area (Å²) in [5, 5.41) is 25.5. The summed E-state index contributed by atoms with van der Waals surface area (Å²) in [6.45, 7) is -0.481. The van der Waals surface area contributed by atoms with E-state index in [4.69, 9.17) is 16.1 Å². The number of aliphatic hydroxyl groups excluding tert-OH is 1. The number of benzene rings is 2. The van der Waals surface area contributed by atoms with E-state index in [1.54, 1.807) is 12.1 Å². The van der Waals surface area contributed by atoms with E-state index in [-0.39, 0.29) is 17.3 Å². The summed E-state index contributed by atoms with van der Waals surface area (Å²) in [5.74, 6) is -1.78. The summed E-state index contributed by atoms with van der Waals surface area (Å²) in [7, 11) is 0. The van der Waals surface area contributed by atoms with E-state index in [0.29, 0.717) is 10.6 Å². The molecule has 3 aromatic rings. The fraction of sp³-hybridized carbons (Fsp3) is 0.118. The van der Waals surface area contributed by atoms with Crippen molar-refractivity contribution in [2.75, 3.05) is 6.61 Å². The number of aromatic nitrogens is 2. The highest BCUT2D eigenvalue weighted by molar-refractivity contribution is 6.30. The molecular weight excluding hydrogens is 365 g/mol. The Morgan fingerprint density at radius 2 is 2.00 bits per heavy atom. The minimum Gasteiger partial charge on any atom is -0.505 e. The van der Waals surface area contributed by atoms with Crippen molar-refractivity contribution >= 4 is 17.5 Å². The smallest absolute Gasteiger partial charge is 0.251 e. The maximum absolute atomic E-state index is 13.4. The molecule has 1 unspecified atom stereocenters. The minimum atomic E-state index is -0.943. The largest absolute Gasteiger partial charge is 0.505 e. The van der Waals surface area contributed by atoms with Crippen molar-refractivity contribution in [3.63, 3.8) is 0 Å². The number of carbonyl (C=O) groups excluding carboxylic acids is 1. The van der Waals surface area contributed by atoms with Crippen LogP contribution in [-0.4, -0.2) is 32.9 Å². The van der Waals surface area contributed by atoms with Crippen LogP contribution >= 0.6 is 11.6 Å². The minimum absolute atomic E-state index is 0.0432. The van der Waals surface area contributed by atoms with Crippen molar-refractivity contribution in [3.05, 3.63) is 64.8 Å². The topological polar surface area (TPSA) is 108 Å². The van der Waals surface area contributed by atoms with Crippen molar-refractivity contribution in [3.8, 4) is 17.1 Å². The van der Waals surface area contributed by atoms with Crippen LogP contribution < -0.4 is 5.32 Å². The molecule has 1 aromatic heterocycles. The first-order valence-electron chi connectivity index (χ1n) is 7.47. The first-order chi connectivity index (χ1) is 12.5. The van der Waals surface area contributed by atoms with Gasteiger partial charge in [-0.1, -0.05) is 16.8 Å². The molecule has 134 valence electrons. The molecule has 0 radical (unpaired) electrons. The number of aromatic hydroxyl groups is 1. The molecular formula is C17H13ClFN3O4. The standard InChI is InChI=1S/C17H13ClFN3O4/c18-11-4-1-9(2-5-11)16(25)20-13(8-23)17-21-15(22-26-17)10-3-6-14(24)12(19)7-10/h1-7,13,23-24H,8H2,(H,20,25). The Bertz CT molecular complexity index is 930. The number of hydrogen-bond acceptors (Lipinski definition) is 6. The lowest BCUT2D eigenvalue weighted by molar-refractivity contribution is 0.0901. The molecule has 0 aliphatic carbocycles. The average molecular weight is 378 g/mol. The van der Waals surface area contributed by atoms with Gasteiger partial charge in [-0.2, -0.15) is 4.98 Å². The van der Waals surface area contributed by atoms with Gasteiger partial charge in [0.1, 0.15) is 6.04 Å². The van der Waals surface area contributed by atoms with E-state index >= 15 is 0 Å². The molecule has 0 saturated carbocycles. The molecule has 1 heterocycles. The monoisotopic (exact) mass is 377 g/mol. The molecule has 1 atom stereocenters. The van der Waals surface area contributed by atoms with Crippen LogP contribution in [0.2, 0.25) is 5.02 Å². The predicted molar refractivity (Wildman–Crippen MR) is 90.1 cm³/mol. The number of nitrogens with zero attached hydrogens (tertiary/aromatic N) is 2. The third-order valence-electron chi connectivity index (χ3n) is 3.54. The van der Waals surface area contributed by atoms with Crippen LogP contribution in [0.4, 0.5) is 4.39 Å². The number of carbonyl (C=O) groups is 1. The summed E-state index contributed by atoms with van der Waals surface area (Å²) in [5.41, 5.74) is 0.615. The van der Waals surface area contributed by atoms with Gasteiger partial charge >= 0.3 is 0 Å².